The molecule has 0 radical (unpaired) electrons. The summed E-state index contributed by atoms with van der Waals surface area (Å²) in [4.78, 5) is 120. The van der Waals surface area contributed by atoms with Crippen LogP contribution in [0.3, 0.4) is 0 Å². The number of fused-ring (bicyclic) bond motifs is 2. The Morgan fingerprint density at radius 1 is 0.663 bits per heavy atom. The fraction of sp³-hybridized carbons (Fsp3) is 0.540. The molecular weight excluding hydrogens is 1090 g/mol. The summed E-state index contributed by atoms with van der Waals surface area (Å²) < 4.78 is 4.96. The van der Waals surface area contributed by atoms with Crippen molar-refractivity contribution in [3.63, 3.8) is 0 Å². The van der Waals surface area contributed by atoms with Gasteiger partial charge in [0.25, 0.3) is 0 Å². The number of ether oxygens (including phenoxy) is 1. The zero-order valence-electron chi connectivity index (χ0n) is 49.3. The molecule has 83 heavy (non-hydrogen) atoms. The fourth-order valence-corrected chi connectivity index (χ4v) is 11.8. The van der Waals surface area contributed by atoms with E-state index < -0.39 is 47.7 Å². The average Bonchev–Trinajstić information content (AvgIpc) is 3.28. The predicted octanol–water partition coefficient (Wildman–Crippen LogP) is 9.46. The number of carbonyl (C=O) groups is 9. The van der Waals surface area contributed by atoms with E-state index in [2.05, 4.69) is 10.6 Å². The lowest BCUT2D eigenvalue weighted by molar-refractivity contribution is -0.131. The summed E-state index contributed by atoms with van der Waals surface area (Å²) in [5.74, 6) is -1.19. The zero-order chi connectivity index (χ0) is 60.2. The lowest BCUT2D eigenvalue weighted by atomic mass is 9.85. The van der Waals surface area contributed by atoms with Gasteiger partial charge in [0.2, 0.25) is 29.5 Å². The van der Waals surface area contributed by atoms with Crippen molar-refractivity contribution >= 4 is 98.4 Å². The molecule has 4 aromatic rings. The topological polar surface area (TPSA) is 252 Å². The van der Waals surface area contributed by atoms with Gasteiger partial charge < -0.3 is 46.4 Å². The van der Waals surface area contributed by atoms with Crippen LogP contribution in [0.25, 0.3) is 0 Å². The quantitative estimate of drug-likeness (QED) is 0.0646. The molecule has 6 amide bonds. The van der Waals surface area contributed by atoms with Gasteiger partial charge >= 0.3 is 6.09 Å². The first-order valence-electron chi connectivity index (χ1n) is 28.6. The predicted molar refractivity (Wildman–Crippen MR) is 329 cm³/mol. The molecule has 2 saturated heterocycles. The summed E-state index contributed by atoms with van der Waals surface area (Å²) in [5.41, 5.74) is 18.5. The largest absolute Gasteiger partial charge is 0.444 e. The number of nitrogens with two attached hydrogens (primary N) is 2. The number of Topliss-reactive ketones (excluding diaryl/α,β-unsaturated/α-hetero) is 3. The summed E-state index contributed by atoms with van der Waals surface area (Å²) in [6, 6.07) is 13.2. The van der Waals surface area contributed by atoms with E-state index in [1.54, 1.807) is 76.9 Å². The van der Waals surface area contributed by atoms with Crippen molar-refractivity contribution in [2.75, 3.05) is 32.7 Å². The molecule has 0 aliphatic carbocycles. The van der Waals surface area contributed by atoms with Gasteiger partial charge in [-0.2, -0.15) is 22.7 Å². The second-order valence-corrected chi connectivity index (χ2v) is 25.4. The highest BCUT2D eigenvalue weighted by Crippen LogP contribution is 2.44. The highest BCUT2D eigenvalue weighted by molar-refractivity contribution is 7.08. The van der Waals surface area contributed by atoms with E-state index in [9.17, 15) is 43.2 Å². The summed E-state index contributed by atoms with van der Waals surface area (Å²) >= 11 is 3.15. The minimum Gasteiger partial charge on any atom is -0.444 e. The van der Waals surface area contributed by atoms with Crippen LogP contribution >= 0.6 is 22.7 Å². The van der Waals surface area contributed by atoms with E-state index in [4.69, 9.17) is 16.2 Å². The molecular formula is C63H88N8O10S2. The summed E-state index contributed by atoms with van der Waals surface area (Å²) in [5, 5.41) is 13.2. The first kappa shape index (κ1) is 67.2. The molecule has 6 atom stereocenters. The van der Waals surface area contributed by atoms with Gasteiger partial charge in [0.05, 0.1) is 60.0 Å². The Hall–Kier alpha value is -6.61. The highest BCUT2D eigenvalue weighted by Gasteiger charge is 2.41. The first-order valence-corrected chi connectivity index (χ1v) is 30.5. The molecule has 18 nitrogen and oxygen atoms in total. The molecule has 0 spiro atoms. The minimum atomic E-state index is -0.724. The van der Waals surface area contributed by atoms with Gasteiger partial charge in [0, 0.05) is 50.6 Å². The van der Waals surface area contributed by atoms with Gasteiger partial charge in [-0.3, -0.25) is 38.4 Å². The Bertz CT molecular complexity index is 2920. The maximum atomic E-state index is 13.9. The molecule has 2 unspecified atom stereocenters. The SMILES string of the molecule is C.CC(=O)[C@@H](C)NC(=O)OC(C)(C)C.CC(C)C[C@@H](N)C(=O)CC1Cc2cccc(N3CCCC3=O)c2N(Cc2ccsc2)C1=O.CC(C)C[C@@H](NC(=O)[C@@H](C)N)C(=O)CC1Cc2cccc(N3CCCC3=O)c2N(Cc2ccsc2)C1=O. The Balaban J connectivity index is 0.000000250. The number of amides is 6. The molecule has 8 rings (SSSR count). The standard InChI is InChI=1S/C28H36N4O4S.C25H31N3O3S.C9H17NO3.CH4/c1-17(2)12-22(30-27(35)18(3)29)24(33)14-21-13-20-6-4-7-23(31-10-5-8-25(31)34)26(20)32(28(21)36)15-19-9-11-37-16-19;1-16(2)11-20(26)22(29)13-19-12-18-5-3-6-21(27-9-4-7-23(27)30)24(18)28(25(19)31)14-17-8-10-32-15-17;1-6(7(2)11)10-8(12)13-9(3,4)5;/h4,6-7,9,11,16-18,21-22H,5,8,10,12-15,29H2,1-3H3,(H,30,35);3,5-6,8,10,15-16,19-20H,4,7,9,11-14,26H2,1-2H3;6H,1-5H3,(H,10,12);1H4/t18-,21?,22-;19?,20-;6-;/m111./s1. The number of benzene rings is 2. The van der Waals surface area contributed by atoms with Crippen molar-refractivity contribution in [2.24, 2.45) is 35.1 Å². The third-order valence-electron chi connectivity index (χ3n) is 14.7. The van der Waals surface area contributed by atoms with Gasteiger partial charge in [0.1, 0.15) is 11.4 Å². The Labute approximate surface area is 498 Å². The number of alkyl carbamates (subject to hydrolysis) is 1. The number of hydrogen-bond acceptors (Lipinski definition) is 14. The second-order valence-electron chi connectivity index (χ2n) is 23.8. The van der Waals surface area contributed by atoms with Crippen molar-refractivity contribution in [3.05, 3.63) is 92.3 Å². The molecule has 20 heteroatoms. The lowest BCUT2D eigenvalue weighted by Crippen LogP contribution is -2.49. The van der Waals surface area contributed by atoms with Gasteiger partial charge in [-0.15, -0.1) is 0 Å². The average molecular weight is 1180 g/mol. The number of carbonyl (C=O) groups excluding carboxylic acids is 9. The van der Waals surface area contributed by atoms with Crippen LogP contribution in [-0.2, 0) is 69.0 Å². The molecule has 6 N–H and O–H groups in total. The number of nitrogens with one attached hydrogen (secondary N) is 2. The molecule has 2 aromatic heterocycles. The summed E-state index contributed by atoms with van der Waals surface area (Å²) in [6.07, 6.45) is 4.28. The number of ketones is 3. The van der Waals surface area contributed by atoms with Gasteiger partial charge in [0.15, 0.2) is 11.6 Å². The highest BCUT2D eigenvalue weighted by atomic mass is 32.1. The summed E-state index contributed by atoms with van der Waals surface area (Å²) in [6.45, 7) is 20.1. The molecule has 4 aliphatic heterocycles. The van der Waals surface area contributed by atoms with Gasteiger partial charge in [-0.1, -0.05) is 59.4 Å². The maximum absolute atomic E-state index is 13.9. The molecule has 0 bridgehead atoms. The number of para-hydroxylation sites is 2. The van der Waals surface area contributed by atoms with E-state index in [1.807, 2.05) is 97.7 Å². The molecule has 4 aliphatic rings. The van der Waals surface area contributed by atoms with E-state index in [0.717, 1.165) is 57.8 Å². The Morgan fingerprint density at radius 3 is 1.49 bits per heavy atom. The van der Waals surface area contributed by atoms with Gasteiger partial charge in [-0.25, -0.2) is 4.79 Å². The molecule has 2 aromatic carbocycles. The van der Waals surface area contributed by atoms with Crippen LogP contribution in [0.2, 0.25) is 0 Å². The lowest BCUT2D eigenvalue weighted by Gasteiger charge is -2.37. The summed E-state index contributed by atoms with van der Waals surface area (Å²) in [7, 11) is 0. The number of thiophene rings is 2. The van der Waals surface area contributed by atoms with Gasteiger partial charge in [-0.05, 0) is 160 Å². The molecule has 0 saturated carbocycles. The molecule has 2 fully saturated rings. The Morgan fingerprint density at radius 2 is 1.12 bits per heavy atom. The normalized spacial score (nSPS) is 18.2. The minimum absolute atomic E-state index is 0. The van der Waals surface area contributed by atoms with Crippen LogP contribution in [-0.4, -0.2) is 95.8 Å². The van der Waals surface area contributed by atoms with Crippen molar-refractivity contribution in [1.29, 1.82) is 0 Å². The van der Waals surface area contributed by atoms with Crippen LogP contribution in [0, 0.1) is 23.7 Å². The second kappa shape index (κ2) is 30.3. The maximum Gasteiger partial charge on any atom is 0.408 e. The van der Waals surface area contributed by atoms with E-state index >= 15 is 0 Å². The van der Waals surface area contributed by atoms with E-state index in [-0.39, 0.29) is 73.1 Å². The van der Waals surface area contributed by atoms with Crippen molar-refractivity contribution < 1.29 is 47.9 Å². The van der Waals surface area contributed by atoms with Crippen molar-refractivity contribution in [3.8, 4) is 0 Å². The number of hydrogen-bond donors (Lipinski definition) is 4. The number of nitrogens with zero attached hydrogens (tertiary/aromatic N) is 4. The first-order chi connectivity index (χ1) is 38.7. The third kappa shape index (κ3) is 18.4. The van der Waals surface area contributed by atoms with Crippen LogP contribution in [0.4, 0.5) is 27.5 Å². The smallest absolute Gasteiger partial charge is 0.408 e. The Kier molecular flexibility index (Phi) is 24.5. The third-order valence-corrected chi connectivity index (χ3v) is 16.1. The van der Waals surface area contributed by atoms with E-state index in [0.29, 0.717) is 70.6 Å². The van der Waals surface area contributed by atoms with Crippen LogP contribution in [0.15, 0.2) is 70.1 Å². The number of rotatable bonds is 20. The van der Waals surface area contributed by atoms with Crippen LogP contribution in [0.5, 0.6) is 0 Å². The zero-order valence-corrected chi connectivity index (χ0v) is 50.9. The molecule has 452 valence electrons. The van der Waals surface area contributed by atoms with Crippen molar-refractivity contribution in [1.82, 2.24) is 10.6 Å². The fourth-order valence-electron chi connectivity index (χ4n) is 10.5. The van der Waals surface area contributed by atoms with Crippen LogP contribution in [0.1, 0.15) is 150 Å². The monoisotopic (exact) mass is 1180 g/mol. The number of anilines is 4. The van der Waals surface area contributed by atoms with E-state index in [1.165, 1.54) is 6.92 Å². The van der Waals surface area contributed by atoms with Crippen molar-refractivity contribution in [2.45, 2.75) is 184 Å². The van der Waals surface area contributed by atoms with Crippen LogP contribution < -0.4 is 41.7 Å². The molecule has 6 heterocycles.